The number of nitrogens with one attached hydrogen (secondary N) is 2. The van der Waals surface area contributed by atoms with Gasteiger partial charge >= 0.3 is 0 Å². The highest BCUT2D eigenvalue weighted by atomic mass is 16.2. The van der Waals surface area contributed by atoms with E-state index in [1.807, 2.05) is 31.1 Å². The lowest BCUT2D eigenvalue weighted by atomic mass is 10.1. The fourth-order valence-electron chi connectivity index (χ4n) is 1.91. The van der Waals surface area contributed by atoms with E-state index in [9.17, 15) is 9.59 Å². The van der Waals surface area contributed by atoms with Gasteiger partial charge in [0.1, 0.15) is 0 Å². The van der Waals surface area contributed by atoms with Gasteiger partial charge in [0, 0.05) is 37.2 Å². The van der Waals surface area contributed by atoms with Gasteiger partial charge in [0.15, 0.2) is 0 Å². The standard InChI is InChI=1S/C13H16N4O2/c1-17(2)11-4-3-8(5-10(11)13(14)19)16-9-6-12(18)15-7-9/h3-6,16H,7H2,1-2H3,(H2,14,19)(H,15,18). The zero-order valence-electron chi connectivity index (χ0n) is 10.9. The predicted octanol–water partition coefficient (Wildman–Crippen LogP) is 0.277. The molecular formula is C13H16N4O2. The summed E-state index contributed by atoms with van der Waals surface area (Å²) in [4.78, 5) is 24.3. The van der Waals surface area contributed by atoms with Crippen molar-refractivity contribution in [2.24, 2.45) is 5.73 Å². The Kier molecular flexibility index (Phi) is 3.41. The molecule has 0 radical (unpaired) electrons. The van der Waals surface area contributed by atoms with Crippen LogP contribution in [0.15, 0.2) is 30.0 Å². The van der Waals surface area contributed by atoms with Crippen molar-refractivity contribution in [2.75, 3.05) is 30.9 Å². The predicted molar refractivity (Wildman–Crippen MR) is 74.0 cm³/mol. The molecule has 1 aromatic carbocycles. The summed E-state index contributed by atoms with van der Waals surface area (Å²) in [6, 6.07) is 5.33. The summed E-state index contributed by atoms with van der Waals surface area (Å²) >= 11 is 0. The monoisotopic (exact) mass is 260 g/mol. The number of anilines is 2. The number of carbonyl (C=O) groups excluding carboxylic acids is 2. The van der Waals surface area contributed by atoms with E-state index in [4.69, 9.17) is 5.73 Å². The van der Waals surface area contributed by atoms with Gasteiger partial charge in [-0.2, -0.15) is 0 Å². The molecule has 0 unspecified atom stereocenters. The molecule has 1 aliphatic rings. The SMILES string of the molecule is CN(C)c1ccc(NC2=CC(=O)NC2)cc1C(N)=O. The average molecular weight is 260 g/mol. The second-order valence-electron chi connectivity index (χ2n) is 4.50. The van der Waals surface area contributed by atoms with Crippen LogP contribution < -0.4 is 21.3 Å². The van der Waals surface area contributed by atoms with Crippen LogP contribution in [-0.2, 0) is 4.79 Å². The van der Waals surface area contributed by atoms with Crippen LogP contribution in [0.2, 0.25) is 0 Å². The molecule has 0 aliphatic carbocycles. The molecule has 0 bridgehead atoms. The lowest BCUT2D eigenvalue weighted by Gasteiger charge is -2.17. The zero-order chi connectivity index (χ0) is 14.0. The van der Waals surface area contributed by atoms with E-state index in [0.717, 1.165) is 17.1 Å². The summed E-state index contributed by atoms with van der Waals surface area (Å²) in [6.07, 6.45) is 1.49. The van der Waals surface area contributed by atoms with Crippen molar-refractivity contribution in [3.05, 3.63) is 35.5 Å². The maximum absolute atomic E-state index is 11.5. The van der Waals surface area contributed by atoms with Crippen LogP contribution in [0.25, 0.3) is 0 Å². The minimum Gasteiger partial charge on any atom is -0.377 e. The number of amides is 2. The van der Waals surface area contributed by atoms with Gasteiger partial charge in [0.2, 0.25) is 5.91 Å². The quantitative estimate of drug-likeness (QED) is 0.725. The Labute approximate surface area is 111 Å². The second-order valence-corrected chi connectivity index (χ2v) is 4.50. The van der Waals surface area contributed by atoms with Crippen LogP contribution in [0.1, 0.15) is 10.4 Å². The minimum atomic E-state index is -0.484. The van der Waals surface area contributed by atoms with Crippen molar-refractivity contribution >= 4 is 23.2 Å². The Balaban J connectivity index is 2.28. The molecule has 0 saturated heterocycles. The molecule has 0 spiro atoms. The summed E-state index contributed by atoms with van der Waals surface area (Å²) in [5.74, 6) is -0.607. The molecule has 2 amide bonds. The molecule has 19 heavy (non-hydrogen) atoms. The summed E-state index contributed by atoms with van der Waals surface area (Å²) < 4.78 is 0. The van der Waals surface area contributed by atoms with E-state index < -0.39 is 5.91 Å². The number of hydrogen-bond donors (Lipinski definition) is 3. The van der Waals surface area contributed by atoms with E-state index in [2.05, 4.69) is 10.6 Å². The highest BCUT2D eigenvalue weighted by Crippen LogP contribution is 2.23. The zero-order valence-corrected chi connectivity index (χ0v) is 10.9. The Morgan fingerprint density at radius 2 is 2.16 bits per heavy atom. The van der Waals surface area contributed by atoms with E-state index >= 15 is 0 Å². The van der Waals surface area contributed by atoms with Gasteiger partial charge in [-0.15, -0.1) is 0 Å². The molecule has 4 N–H and O–H groups in total. The first-order chi connectivity index (χ1) is 8.97. The Morgan fingerprint density at radius 3 is 2.68 bits per heavy atom. The minimum absolute atomic E-state index is 0.123. The van der Waals surface area contributed by atoms with Gasteiger partial charge in [-0.25, -0.2) is 0 Å². The van der Waals surface area contributed by atoms with Crippen LogP contribution >= 0.6 is 0 Å². The normalized spacial score (nSPS) is 13.8. The summed E-state index contributed by atoms with van der Waals surface area (Å²) in [5, 5.41) is 5.75. The lowest BCUT2D eigenvalue weighted by molar-refractivity contribution is -0.115. The molecule has 0 fully saturated rings. The number of benzene rings is 1. The van der Waals surface area contributed by atoms with Gasteiger partial charge in [-0.1, -0.05) is 0 Å². The number of primary amides is 1. The molecule has 6 nitrogen and oxygen atoms in total. The van der Waals surface area contributed by atoms with E-state index in [1.54, 1.807) is 6.07 Å². The molecule has 1 aliphatic heterocycles. The van der Waals surface area contributed by atoms with Crippen molar-refractivity contribution < 1.29 is 9.59 Å². The van der Waals surface area contributed by atoms with Gasteiger partial charge < -0.3 is 21.3 Å². The molecule has 0 aromatic heterocycles. The Hall–Kier alpha value is -2.50. The fraction of sp³-hybridized carbons (Fsp3) is 0.231. The highest BCUT2D eigenvalue weighted by molar-refractivity contribution is 6.00. The highest BCUT2D eigenvalue weighted by Gasteiger charge is 2.14. The van der Waals surface area contributed by atoms with E-state index in [1.165, 1.54) is 6.08 Å². The Morgan fingerprint density at radius 1 is 1.42 bits per heavy atom. The summed E-state index contributed by atoms with van der Waals surface area (Å²) in [5.41, 5.74) is 8.06. The average Bonchev–Trinajstić information content (AvgIpc) is 2.74. The maximum Gasteiger partial charge on any atom is 0.250 e. The van der Waals surface area contributed by atoms with Crippen molar-refractivity contribution in [3.63, 3.8) is 0 Å². The fourth-order valence-corrected chi connectivity index (χ4v) is 1.91. The van der Waals surface area contributed by atoms with Crippen molar-refractivity contribution in [1.82, 2.24) is 5.32 Å². The number of rotatable bonds is 4. The molecule has 2 rings (SSSR count). The molecule has 0 atom stereocenters. The third-order valence-electron chi connectivity index (χ3n) is 2.81. The number of nitrogens with zero attached hydrogens (tertiary/aromatic N) is 1. The summed E-state index contributed by atoms with van der Waals surface area (Å²) in [6.45, 7) is 0.459. The van der Waals surface area contributed by atoms with Gasteiger partial charge in [0.25, 0.3) is 5.91 Å². The van der Waals surface area contributed by atoms with E-state index in [0.29, 0.717) is 12.1 Å². The maximum atomic E-state index is 11.5. The van der Waals surface area contributed by atoms with Crippen LogP contribution in [0.5, 0.6) is 0 Å². The second kappa shape index (κ2) is 5.01. The van der Waals surface area contributed by atoms with Gasteiger partial charge in [0.05, 0.1) is 12.1 Å². The number of carbonyl (C=O) groups is 2. The van der Waals surface area contributed by atoms with Crippen LogP contribution in [-0.4, -0.2) is 32.5 Å². The van der Waals surface area contributed by atoms with Gasteiger partial charge in [-0.05, 0) is 18.2 Å². The third kappa shape index (κ3) is 2.85. The Bertz CT molecular complexity index is 564. The van der Waals surface area contributed by atoms with Crippen LogP contribution in [0, 0.1) is 0 Å². The number of hydrogen-bond acceptors (Lipinski definition) is 4. The van der Waals surface area contributed by atoms with E-state index in [-0.39, 0.29) is 5.91 Å². The third-order valence-corrected chi connectivity index (χ3v) is 2.81. The van der Waals surface area contributed by atoms with Gasteiger partial charge in [-0.3, -0.25) is 9.59 Å². The van der Waals surface area contributed by atoms with Crippen LogP contribution in [0.4, 0.5) is 11.4 Å². The van der Waals surface area contributed by atoms with Crippen molar-refractivity contribution in [1.29, 1.82) is 0 Å². The van der Waals surface area contributed by atoms with Crippen molar-refractivity contribution in [2.45, 2.75) is 0 Å². The number of nitrogens with two attached hydrogens (primary N) is 1. The largest absolute Gasteiger partial charge is 0.377 e. The first-order valence-corrected chi connectivity index (χ1v) is 5.84. The molecule has 1 aromatic rings. The van der Waals surface area contributed by atoms with Crippen LogP contribution in [0.3, 0.4) is 0 Å². The molecule has 6 heteroatoms. The lowest BCUT2D eigenvalue weighted by Crippen LogP contribution is -2.19. The smallest absolute Gasteiger partial charge is 0.250 e. The molecular weight excluding hydrogens is 244 g/mol. The topological polar surface area (TPSA) is 87.5 Å². The molecule has 1 heterocycles. The first kappa shape index (κ1) is 12.9. The van der Waals surface area contributed by atoms with Crippen molar-refractivity contribution in [3.8, 4) is 0 Å². The molecule has 100 valence electrons. The summed E-state index contributed by atoms with van der Waals surface area (Å²) in [7, 11) is 3.69. The molecule has 0 saturated carbocycles. The first-order valence-electron chi connectivity index (χ1n) is 5.84.